The summed E-state index contributed by atoms with van der Waals surface area (Å²) in [5.74, 6) is 0. The van der Waals surface area contributed by atoms with E-state index < -0.39 is 5.24 Å². The van der Waals surface area contributed by atoms with Crippen LogP contribution in [0.2, 0.25) is 0 Å². The second-order valence-electron chi connectivity index (χ2n) is 3.13. The first kappa shape index (κ1) is 9.70. The smallest absolute Gasteiger partial charge is 0.253 e. The number of halogens is 1. The third kappa shape index (κ3) is 1.70. The number of hydrogen-bond donors (Lipinski definition) is 0. The van der Waals surface area contributed by atoms with Gasteiger partial charge in [0.05, 0.1) is 11.6 Å². The Morgan fingerprint density at radius 3 is 2.73 bits per heavy atom. The van der Waals surface area contributed by atoms with E-state index in [-0.39, 0.29) is 0 Å². The zero-order valence-corrected chi connectivity index (χ0v) is 8.45. The number of hydrogen-bond acceptors (Lipinski definition) is 2. The minimum atomic E-state index is -0.504. The molecule has 15 heavy (non-hydrogen) atoms. The normalized spacial score (nSPS) is 9.87. The maximum atomic E-state index is 11.1. The highest BCUT2D eigenvalue weighted by atomic mass is 35.5. The summed E-state index contributed by atoms with van der Waals surface area (Å²) in [6.07, 6.45) is 0. The van der Waals surface area contributed by atoms with Crippen molar-refractivity contribution in [3.8, 4) is 6.07 Å². The minimum absolute atomic E-state index is 0.436. The lowest BCUT2D eigenvalue weighted by atomic mass is 10.0. The summed E-state index contributed by atoms with van der Waals surface area (Å²) in [6, 6.07) is 12.5. The number of carbonyl (C=O) groups is 1. The first-order valence-electron chi connectivity index (χ1n) is 4.35. The van der Waals surface area contributed by atoms with Gasteiger partial charge in [-0.25, -0.2) is 0 Å². The second-order valence-corrected chi connectivity index (χ2v) is 3.47. The Balaban J connectivity index is 2.83. The Labute approximate surface area is 91.7 Å². The van der Waals surface area contributed by atoms with Crippen LogP contribution in [0.15, 0.2) is 36.4 Å². The second kappa shape index (κ2) is 3.72. The molecular weight excluding hydrogens is 210 g/mol. The highest BCUT2D eigenvalue weighted by Crippen LogP contribution is 2.21. The third-order valence-electron chi connectivity index (χ3n) is 2.22. The first-order chi connectivity index (χ1) is 7.22. The van der Waals surface area contributed by atoms with Crippen LogP contribution in [0, 0.1) is 11.3 Å². The number of fused-ring (bicyclic) bond motifs is 1. The van der Waals surface area contributed by atoms with Gasteiger partial charge in [0.25, 0.3) is 5.24 Å². The molecule has 0 aromatic heterocycles. The van der Waals surface area contributed by atoms with Gasteiger partial charge in [-0.15, -0.1) is 0 Å². The molecule has 3 heteroatoms. The van der Waals surface area contributed by atoms with Gasteiger partial charge in [0, 0.05) is 5.56 Å². The summed E-state index contributed by atoms with van der Waals surface area (Å²) < 4.78 is 0. The van der Waals surface area contributed by atoms with E-state index in [1.54, 1.807) is 30.3 Å². The number of benzene rings is 2. The van der Waals surface area contributed by atoms with Gasteiger partial charge in [-0.3, -0.25) is 4.79 Å². The predicted molar refractivity (Wildman–Crippen MR) is 58.8 cm³/mol. The average Bonchev–Trinajstić information content (AvgIpc) is 2.27. The van der Waals surface area contributed by atoms with Crippen LogP contribution in [0.3, 0.4) is 0 Å². The number of nitriles is 1. The lowest BCUT2D eigenvalue weighted by molar-refractivity contribution is 0.108. The molecule has 0 radical (unpaired) electrons. The van der Waals surface area contributed by atoms with Crippen molar-refractivity contribution in [2.45, 2.75) is 0 Å². The van der Waals surface area contributed by atoms with E-state index in [0.29, 0.717) is 11.1 Å². The molecule has 0 heterocycles. The molecule has 2 nitrogen and oxygen atoms in total. The Morgan fingerprint density at radius 1 is 1.27 bits per heavy atom. The summed E-state index contributed by atoms with van der Waals surface area (Å²) in [5, 5.41) is 9.88. The van der Waals surface area contributed by atoms with E-state index >= 15 is 0 Å². The molecule has 2 aromatic carbocycles. The fourth-order valence-electron chi connectivity index (χ4n) is 1.51. The van der Waals surface area contributed by atoms with Gasteiger partial charge in [-0.05, 0) is 40.6 Å². The van der Waals surface area contributed by atoms with E-state index in [1.165, 1.54) is 0 Å². The van der Waals surface area contributed by atoms with Gasteiger partial charge < -0.3 is 0 Å². The van der Waals surface area contributed by atoms with Crippen molar-refractivity contribution in [3.05, 3.63) is 47.5 Å². The molecule has 0 spiro atoms. The highest BCUT2D eigenvalue weighted by Gasteiger charge is 2.07. The lowest BCUT2D eigenvalue weighted by Gasteiger charge is -2.02. The van der Waals surface area contributed by atoms with Crippen LogP contribution >= 0.6 is 11.6 Å². The van der Waals surface area contributed by atoms with Gasteiger partial charge in [-0.1, -0.05) is 18.2 Å². The largest absolute Gasteiger partial charge is 0.276 e. The van der Waals surface area contributed by atoms with Crippen molar-refractivity contribution in [1.82, 2.24) is 0 Å². The van der Waals surface area contributed by atoms with E-state index in [2.05, 4.69) is 0 Å². The zero-order chi connectivity index (χ0) is 10.8. The van der Waals surface area contributed by atoms with Crippen LogP contribution in [-0.2, 0) is 0 Å². The zero-order valence-electron chi connectivity index (χ0n) is 7.70. The summed E-state index contributed by atoms with van der Waals surface area (Å²) >= 11 is 5.46. The maximum Gasteiger partial charge on any atom is 0.253 e. The molecule has 0 atom stereocenters. The maximum absolute atomic E-state index is 11.1. The molecule has 0 bridgehead atoms. The van der Waals surface area contributed by atoms with E-state index in [1.807, 2.05) is 12.1 Å². The van der Waals surface area contributed by atoms with E-state index in [0.717, 1.165) is 10.8 Å². The topological polar surface area (TPSA) is 40.9 Å². The minimum Gasteiger partial charge on any atom is -0.276 e. The van der Waals surface area contributed by atoms with Gasteiger partial charge in [-0.2, -0.15) is 5.26 Å². The van der Waals surface area contributed by atoms with Gasteiger partial charge in [0.15, 0.2) is 0 Å². The quantitative estimate of drug-likeness (QED) is 0.686. The molecule has 72 valence electrons. The molecule has 2 aromatic rings. The van der Waals surface area contributed by atoms with Crippen LogP contribution in [0.4, 0.5) is 0 Å². The van der Waals surface area contributed by atoms with Crippen molar-refractivity contribution in [3.63, 3.8) is 0 Å². The molecule has 0 saturated carbocycles. The molecule has 2 rings (SSSR count). The van der Waals surface area contributed by atoms with E-state index in [9.17, 15) is 4.79 Å². The van der Waals surface area contributed by atoms with Crippen molar-refractivity contribution >= 4 is 27.6 Å². The van der Waals surface area contributed by atoms with E-state index in [4.69, 9.17) is 16.9 Å². The van der Waals surface area contributed by atoms with Crippen LogP contribution in [0.5, 0.6) is 0 Å². The monoisotopic (exact) mass is 215 g/mol. The summed E-state index contributed by atoms with van der Waals surface area (Å²) in [6.45, 7) is 0. The van der Waals surface area contributed by atoms with Crippen molar-refractivity contribution < 1.29 is 4.79 Å². The van der Waals surface area contributed by atoms with Crippen LogP contribution in [-0.4, -0.2) is 5.24 Å². The summed E-state index contributed by atoms with van der Waals surface area (Å²) in [5.41, 5.74) is 0.958. The summed E-state index contributed by atoms with van der Waals surface area (Å²) in [4.78, 5) is 11.1. The molecule has 0 amide bonds. The standard InChI is InChI=1S/C12H6ClNO/c13-12(15)10-3-1-2-9-5-4-8(7-14)6-11(9)10/h1-6H. The van der Waals surface area contributed by atoms with Gasteiger partial charge in [0.2, 0.25) is 0 Å². The van der Waals surface area contributed by atoms with Crippen LogP contribution < -0.4 is 0 Å². The SMILES string of the molecule is N#Cc1ccc2cccc(C(=O)Cl)c2c1. The third-order valence-corrected chi connectivity index (χ3v) is 2.43. The van der Waals surface area contributed by atoms with Crippen molar-refractivity contribution in [1.29, 1.82) is 5.26 Å². The fourth-order valence-corrected chi connectivity index (χ4v) is 1.68. The highest BCUT2D eigenvalue weighted by molar-refractivity contribution is 6.68. The molecular formula is C12H6ClNO. The number of nitrogens with zero attached hydrogens (tertiary/aromatic N) is 1. The Kier molecular flexibility index (Phi) is 2.40. The predicted octanol–water partition coefficient (Wildman–Crippen LogP) is 3.09. The lowest BCUT2D eigenvalue weighted by Crippen LogP contribution is -1.90. The Bertz CT molecular complexity index is 584. The Morgan fingerprint density at radius 2 is 2.07 bits per heavy atom. The van der Waals surface area contributed by atoms with Gasteiger partial charge >= 0.3 is 0 Å². The Hall–Kier alpha value is -1.85. The fraction of sp³-hybridized carbons (Fsp3) is 0. The van der Waals surface area contributed by atoms with Crippen molar-refractivity contribution in [2.75, 3.05) is 0 Å². The number of rotatable bonds is 1. The molecule has 0 aliphatic carbocycles. The number of carbonyl (C=O) groups excluding carboxylic acids is 1. The molecule has 0 fully saturated rings. The van der Waals surface area contributed by atoms with Crippen molar-refractivity contribution in [2.24, 2.45) is 0 Å². The molecule has 0 N–H and O–H groups in total. The average molecular weight is 216 g/mol. The first-order valence-corrected chi connectivity index (χ1v) is 4.73. The molecule has 0 unspecified atom stereocenters. The van der Waals surface area contributed by atoms with Crippen LogP contribution in [0.25, 0.3) is 10.8 Å². The van der Waals surface area contributed by atoms with Gasteiger partial charge in [0.1, 0.15) is 0 Å². The summed E-state index contributed by atoms with van der Waals surface area (Å²) in [7, 11) is 0. The molecule has 0 saturated heterocycles. The molecule has 0 aliphatic heterocycles. The van der Waals surface area contributed by atoms with Crippen LogP contribution in [0.1, 0.15) is 15.9 Å². The molecule has 0 aliphatic rings.